The van der Waals surface area contributed by atoms with Crippen LogP contribution in [-0.4, -0.2) is 22.6 Å². The quantitative estimate of drug-likeness (QED) is 0.384. The monoisotopic (exact) mass is 282 g/mol. The molecule has 0 amide bonds. The van der Waals surface area contributed by atoms with Gasteiger partial charge in [0.25, 0.3) is 0 Å². The third-order valence-corrected chi connectivity index (χ3v) is 3.74. The summed E-state index contributed by atoms with van der Waals surface area (Å²) in [4.78, 5) is 6.72. The van der Waals surface area contributed by atoms with E-state index >= 15 is 0 Å². The summed E-state index contributed by atoms with van der Waals surface area (Å²) in [6.07, 6.45) is 3.38. The number of aryl methyl sites for hydroxylation is 1. The zero-order valence-corrected chi connectivity index (χ0v) is 11.7. The molecule has 1 aromatic carbocycles. The van der Waals surface area contributed by atoms with Crippen LogP contribution in [0.5, 0.6) is 0 Å². The second-order valence-corrected chi connectivity index (χ2v) is 5.10. The predicted molar refractivity (Wildman–Crippen MR) is 83.1 cm³/mol. The fourth-order valence-corrected chi connectivity index (χ4v) is 2.70. The first-order valence-corrected chi connectivity index (χ1v) is 7.10. The summed E-state index contributed by atoms with van der Waals surface area (Å²) in [6.45, 7) is 0.920. The lowest BCUT2D eigenvalue weighted by atomic mass is 10.1. The molecule has 0 atom stereocenters. The van der Waals surface area contributed by atoms with Gasteiger partial charge < -0.3 is 15.8 Å². The van der Waals surface area contributed by atoms with Crippen molar-refractivity contribution in [2.75, 3.05) is 11.4 Å². The van der Waals surface area contributed by atoms with Crippen LogP contribution in [0.25, 0.3) is 0 Å². The SMILES string of the molecule is NC(=NO)c1cccc(N2CCCCc3ccccc32)n1. The lowest BCUT2D eigenvalue weighted by Crippen LogP contribution is -2.21. The van der Waals surface area contributed by atoms with Crippen molar-refractivity contribution in [3.8, 4) is 0 Å². The Morgan fingerprint density at radius 2 is 2.00 bits per heavy atom. The summed E-state index contributed by atoms with van der Waals surface area (Å²) in [6, 6.07) is 14.0. The van der Waals surface area contributed by atoms with Crippen LogP contribution in [0.2, 0.25) is 0 Å². The number of hydrogen-bond acceptors (Lipinski definition) is 4. The van der Waals surface area contributed by atoms with Crippen molar-refractivity contribution < 1.29 is 5.21 Å². The fraction of sp³-hybridized carbons (Fsp3) is 0.250. The minimum Gasteiger partial charge on any atom is -0.409 e. The molecule has 2 heterocycles. The number of benzene rings is 1. The van der Waals surface area contributed by atoms with Crippen molar-refractivity contribution in [3.05, 3.63) is 53.7 Å². The maximum absolute atomic E-state index is 8.80. The highest BCUT2D eigenvalue weighted by Gasteiger charge is 2.17. The highest BCUT2D eigenvalue weighted by Crippen LogP contribution is 2.31. The molecule has 21 heavy (non-hydrogen) atoms. The summed E-state index contributed by atoms with van der Waals surface area (Å²) < 4.78 is 0. The molecule has 5 heteroatoms. The van der Waals surface area contributed by atoms with E-state index in [1.165, 1.54) is 17.7 Å². The average molecular weight is 282 g/mol. The van der Waals surface area contributed by atoms with Crippen LogP contribution in [0.3, 0.4) is 0 Å². The largest absolute Gasteiger partial charge is 0.409 e. The van der Waals surface area contributed by atoms with Gasteiger partial charge in [-0.1, -0.05) is 29.4 Å². The first kappa shape index (κ1) is 13.4. The molecule has 0 fully saturated rings. The second-order valence-electron chi connectivity index (χ2n) is 5.10. The molecule has 5 nitrogen and oxygen atoms in total. The van der Waals surface area contributed by atoms with Crippen molar-refractivity contribution in [2.45, 2.75) is 19.3 Å². The molecular formula is C16H18N4O. The molecule has 0 saturated carbocycles. The third-order valence-electron chi connectivity index (χ3n) is 3.74. The van der Waals surface area contributed by atoms with Gasteiger partial charge in [-0.25, -0.2) is 4.98 Å². The Morgan fingerprint density at radius 3 is 2.86 bits per heavy atom. The highest BCUT2D eigenvalue weighted by atomic mass is 16.4. The minimum atomic E-state index is 0.0277. The van der Waals surface area contributed by atoms with Gasteiger partial charge in [0.05, 0.1) is 0 Å². The van der Waals surface area contributed by atoms with E-state index in [2.05, 4.69) is 33.2 Å². The molecule has 1 aromatic heterocycles. The lowest BCUT2D eigenvalue weighted by molar-refractivity contribution is 0.318. The van der Waals surface area contributed by atoms with Gasteiger partial charge in [0.2, 0.25) is 0 Å². The first-order valence-electron chi connectivity index (χ1n) is 7.10. The zero-order valence-electron chi connectivity index (χ0n) is 11.7. The van der Waals surface area contributed by atoms with Gasteiger partial charge in [-0.05, 0) is 43.0 Å². The third kappa shape index (κ3) is 2.67. The number of nitrogens with two attached hydrogens (primary N) is 1. The second kappa shape index (κ2) is 5.83. The Bertz CT molecular complexity index is 669. The Morgan fingerprint density at radius 1 is 1.14 bits per heavy atom. The van der Waals surface area contributed by atoms with Crippen molar-refractivity contribution in [2.24, 2.45) is 10.9 Å². The molecule has 0 radical (unpaired) electrons. The number of aromatic nitrogens is 1. The van der Waals surface area contributed by atoms with Gasteiger partial charge in [0.15, 0.2) is 5.84 Å². The summed E-state index contributed by atoms with van der Waals surface area (Å²) in [5, 5.41) is 11.8. The van der Waals surface area contributed by atoms with E-state index in [1.807, 2.05) is 18.2 Å². The van der Waals surface area contributed by atoms with Crippen LogP contribution in [0, 0.1) is 0 Å². The summed E-state index contributed by atoms with van der Waals surface area (Å²) in [5.41, 5.74) is 8.65. The van der Waals surface area contributed by atoms with E-state index in [9.17, 15) is 0 Å². The molecule has 0 unspecified atom stereocenters. The van der Waals surface area contributed by atoms with E-state index in [1.54, 1.807) is 6.07 Å². The average Bonchev–Trinajstić information content (AvgIpc) is 2.76. The number of pyridine rings is 1. The number of rotatable bonds is 2. The van der Waals surface area contributed by atoms with Gasteiger partial charge >= 0.3 is 0 Å². The van der Waals surface area contributed by atoms with Gasteiger partial charge in [-0.3, -0.25) is 0 Å². The van der Waals surface area contributed by atoms with E-state index in [0.717, 1.165) is 25.2 Å². The first-order chi connectivity index (χ1) is 10.3. The number of nitrogens with zero attached hydrogens (tertiary/aromatic N) is 3. The van der Waals surface area contributed by atoms with E-state index in [0.29, 0.717) is 5.69 Å². The van der Waals surface area contributed by atoms with E-state index in [-0.39, 0.29) is 5.84 Å². The summed E-state index contributed by atoms with van der Waals surface area (Å²) >= 11 is 0. The molecule has 2 aromatic rings. The highest BCUT2D eigenvalue weighted by molar-refractivity contribution is 5.95. The van der Waals surface area contributed by atoms with Crippen molar-refractivity contribution >= 4 is 17.3 Å². The molecule has 0 spiro atoms. The van der Waals surface area contributed by atoms with Gasteiger partial charge in [-0.15, -0.1) is 0 Å². The normalized spacial score (nSPS) is 15.4. The number of amidine groups is 1. The van der Waals surface area contributed by atoms with Crippen LogP contribution >= 0.6 is 0 Å². The lowest BCUT2D eigenvalue weighted by Gasteiger charge is -2.24. The molecule has 0 bridgehead atoms. The number of para-hydroxylation sites is 1. The standard InChI is InChI=1S/C16H18N4O/c17-16(19-21)13-8-5-10-15(18-13)20-11-4-3-7-12-6-1-2-9-14(12)20/h1-2,5-6,8-10,21H,3-4,7,11H2,(H2,17,19). The molecule has 3 rings (SSSR count). The van der Waals surface area contributed by atoms with Crippen LogP contribution < -0.4 is 10.6 Å². The smallest absolute Gasteiger partial charge is 0.188 e. The predicted octanol–water partition coefficient (Wildman–Crippen LogP) is 2.65. The maximum atomic E-state index is 8.80. The van der Waals surface area contributed by atoms with Crippen molar-refractivity contribution in [1.82, 2.24) is 4.98 Å². The molecule has 1 aliphatic heterocycles. The van der Waals surface area contributed by atoms with Crippen LogP contribution in [0.4, 0.5) is 11.5 Å². The Balaban J connectivity index is 2.04. The van der Waals surface area contributed by atoms with E-state index in [4.69, 9.17) is 10.9 Å². The molecular weight excluding hydrogens is 264 g/mol. The Labute approximate surface area is 123 Å². The van der Waals surface area contributed by atoms with Crippen molar-refractivity contribution in [3.63, 3.8) is 0 Å². The van der Waals surface area contributed by atoms with Gasteiger partial charge in [0.1, 0.15) is 11.5 Å². The molecule has 108 valence electrons. The van der Waals surface area contributed by atoms with Gasteiger partial charge in [0, 0.05) is 12.2 Å². The molecule has 0 saturated heterocycles. The number of oxime groups is 1. The van der Waals surface area contributed by atoms with Crippen LogP contribution in [0.1, 0.15) is 24.1 Å². The number of anilines is 2. The molecule has 0 aliphatic carbocycles. The summed E-state index contributed by atoms with van der Waals surface area (Å²) in [5.74, 6) is 0.855. The van der Waals surface area contributed by atoms with Crippen LogP contribution in [-0.2, 0) is 6.42 Å². The van der Waals surface area contributed by atoms with E-state index < -0.39 is 0 Å². The van der Waals surface area contributed by atoms with Crippen molar-refractivity contribution in [1.29, 1.82) is 0 Å². The molecule has 3 N–H and O–H groups in total. The topological polar surface area (TPSA) is 74.7 Å². The molecule has 1 aliphatic rings. The number of hydrogen-bond donors (Lipinski definition) is 2. The Hall–Kier alpha value is -2.56. The minimum absolute atomic E-state index is 0.0277. The fourth-order valence-electron chi connectivity index (χ4n) is 2.70. The zero-order chi connectivity index (χ0) is 14.7. The Kier molecular flexibility index (Phi) is 3.73. The van der Waals surface area contributed by atoms with Gasteiger partial charge in [-0.2, -0.15) is 0 Å². The van der Waals surface area contributed by atoms with Crippen LogP contribution in [0.15, 0.2) is 47.6 Å². The summed E-state index contributed by atoms with van der Waals surface area (Å²) in [7, 11) is 0. The number of fused-ring (bicyclic) bond motifs is 1. The maximum Gasteiger partial charge on any atom is 0.188 e.